The number of rotatable bonds is 7. The molecular weight excluding hydrogens is 365 g/mol. The van der Waals surface area contributed by atoms with Gasteiger partial charge in [-0.1, -0.05) is 50.1 Å². The van der Waals surface area contributed by atoms with Gasteiger partial charge in [0.25, 0.3) is 5.91 Å². The quantitative estimate of drug-likeness (QED) is 0.557. The molecule has 2 aromatic carbocycles. The molecule has 1 saturated heterocycles. The Bertz CT molecular complexity index is 979. The number of carbonyl (C=O) groups is 1. The lowest BCUT2D eigenvalue weighted by molar-refractivity contribution is 0.0933. The van der Waals surface area contributed by atoms with E-state index in [2.05, 4.69) is 22.1 Å². The van der Waals surface area contributed by atoms with Gasteiger partial charge in [0.1, 0.15) is 11.5 Å². The van der Waals surface area contributed by atoms with Crippen LogP contribution in [-0.2, 0) is 0 Å². The predicted molar refractivity (Wildman–Crippen MR) is 116 cm³/mol. The van der Waals surface area contributed by atoms with Gasteiger partial charge < -0.3 is 15.2 Å². The van der Waals surface area contributed by atoms with Crippen molar-refractivity contribution >= 4 is 16.8 Å². The van der Waals surface area contributed by atoms with E-state index < -0.39 is 0 Å². The number of benzene rings is 2. The lowest BCUT2D eigenvalue weighted by atomic mass is 10.0. The molecule has 2 N–H and O–H groups in total. The minimum absolute atomic E-state index is 0.0633. The maximum absolute atomic E-state index is 13.3. The number of para-hydroxylation sites is 1. The van der Waals surface area contributed by atoms with E-state index in [4.69, 9.17) is 0 Å². The van der Waals surface area contributed by atoms with E-state index in [1.165, 1.54) is 31.4 Å². The van der Waals surface area contributed by atoms with Crippen molar-refractivity contribution in [3.8, 4) is 11.1 Å². The average molecular weight is 394 g/mol. The number of halogens is 1. The van der Waals surface area contributed by atoms with Crippen LogP contribution in [0.3, 0.4) is 0 Å². The van der Waals surface area contributed by atoms with E-state index in [1.807, 2.05) is 24.3 Å². The van der Waals surface area contributed by atoms with Gasteiger partial charge in [-0.2, -0.15) is 0 Å². The smallest absolute Gasteiger partial charge is 0.267 e. The Morgan fingerprint density at radius 3 is 2.83 bits per heavy atom. The van der Waals surface area contributed by atoms with E-state index in [0.717, 1.165) is 48.1 Å². The summed E-state index contributed by atoms with van der Waals surface area (Å²) < 4.78 is 13.3. The number of hydrogen-bond donors (Lipinski definition) is 2. The van der Waals surface area contributed by atoms with Crippen LogP contribution in [0.25, 0.3) is 22.0 Å². The molecule has 1 amide bonds. The molecule has 1 aromatic heterocycles. The highest BCUT2D eigenvalue weighted by Crippen LogP contribution is 2.29. The van der Waals surface area contributed by atoms with Gasteiger partial charge in [-0.15, -0.1) is 0 Å². The van der Waals surface area contributed by atoms with Crippen molar-refractivity contribution in [3.63, 3.8) is 0 Å². The molecule has 29 heavy (non-hydrogen) atoms. The molecule has 4 nitrogen and oxygen atoms in total. The first-order chi connectivity index (χ1) is 14.1. The van der Waals surface area contributed by atoms with Crippen LogP contribution in [-0.4, -0.2) is 41.5 Å². The first kappa shape index (κ1) is 19.6. The van der Waals surface area contributed by atoms with Crippen molar-refractivity contribution in [2.75, 3.05) is 19.6 Å². The number of nitrogens with zero attached hydrogens (tertiary/aromatic N) is 1. The Hall–Kier alpha value is -2.66. The monoisotopic (exact) mass is 393 g/mol. The van der Waals surface area contributed by atoms with E-state index in [1.54, 1.807) is 12.1 Å². The number of hydrogen-bond acceptors (Lipinski definition) is 2. The second kappa shape index (κ2) is 8.78. The lowest BCUT2D eigenvalue weighted by Gasteiger charge is -2.16. The Morgan fingerprint density at radius 2 is 2.03 bits per heavy atom. The van der Waals surface area contributed by atoms with E-state index in [-0.39, 0.29) is 17.8 Å². The number of unbranched alkanes of at least 4 members (excludes halogenated alkanes) is 2. The third-order valence-electron chi connectivity index (χ3n) is 5.74. The molecule has 1 fully saturated rings. The van der Waals surface area contributed by atoms with Gasteiger partial charge in [-0.25, -0.2) is 4.39 Å². The Labute approximate surface area is 171 Å². The van der Waals surface area contributed by atoms with Crippen molar-refractivity contribution in [1.82, 2.24) is 15.2 Å². The Morgan fingerprint density at radius 1 is 1.21 bits per heavy atom. The molecule has 1 unspecified atom stereocenters. The number of carbonyl (C=O) groups excluding carboxylic acids is 1. The Kier molecular flexibility index (Phi) is 5.95. The maximum Gasteiger partial charge on any atom is 0.267 e. The zero-order valence-corrected chi connectivity index (χ0v) is 16.9. The van der Waals surface area contributed by atoms with Crippen molar-refractivity contribution in [2.45, 2.75) is 38.6 Å². The summed E-state index contributed by atoms with van der Waals surface area (Å²) in [6, 6.07) is 14.5. The standard InChI is InChI=1S/C24H28FN3O/c1-2-3-4-13-28-14-12-20(16-28)26-24(29)22-15-18-6-5-7-21(23(18)27-22)17-8-10-19(25)11-9-17/h5-11,15,20,27H,2-4,12-14,16H2,1H3,(H,26,29). The maximum atomic E-state index is 13.3. The van der Waals surface area contributed by atoms with Gasteiger partial charge in [0.2, 0.25) is 0 Å². The minimum Gasteiger partial charge on any atom is -0.350 e. The largest absolute Gasteiger partial charge is 0.350 e. The van der Waals surface area contributed by atoms with Crippen LogP contribution in [0.1, 0.15) is 43.1 Å². The molecule has 1 aliphatic rings. The second-order valence-electron chi connectivity index (χ2n) is 7.93. The Balaban J connectivity index is 1.46. The zero-order chi connectivity index (χ0) is 20.2. The van der Waals surface area contributed by atoms with Crippen molar-refractivity contribution < 1.29 is 9.18 Å². The highest BCUT2D eigenvalue weighted by atomic mass is 19.1. The fourth-order valence-corrected chi connectivity index (χ4v) is 4.15. The van der Waals surface area contributed by atoms with Gasteiger partial charge in [0, 0.05) is 30.1 Å². The molecule has 4 rings (SSSR count). The second-order valence-corrected chi connectivity index (χ2v) is 7.93. The highest BCUT2D eigenvalue weighted by molar-refractivity contribution is 6.02. The molecule has 3 aromatic rings. The van der Waals surface area contributed by atoms with E-state index in [9.17, 15) is 9.18 Å². The summed E-state index contributed by atoms with van der Waals surface area (Å²) in [7, 11) is 0. The zero-order valence-electron chi connectivity index (χ0n) is 16.9. The number of aromatic nitrogens is 1. The molecule has 1 atom stereocenters. The molecule has 1 aliphatic heterocycles. The third-order valence-corrected chi connectivity index (χ3v) is 5.74. The molecule has 0 aliphatic carbocycles. The number of likely N-dealkylation sites (tertiary alicyclic amines) is 1. The third kappa shape index (κ3) is 4.51. The summed E-state index contributed by atoms with van der Waals surface area (Å²) in [5.41, 5.74) is 3.35. The van der Waals surface area contributed by atoms with Crippen LogP contribution in [0.15, 0.2) is 48.5 Å². The topological polar surface area (TPSA) is 48.1 Å². The van der Waals surface area contributed by atoms with E-state index in [0.29, 0.717) is 5.69 Å². The number of H-pyrrole nitrogens is 1. The van der Waals surface area contributed by atoms with Crippen molar-refractivity contribution in [1.29, 1.82) is 0 Å². The number of aromatic amines is 1. The first-order valence-electron chi connectivity index (χ1n) is 10.5. The molecule has 0 radical (unpaired) electrons. The highest BCUT2D eigenvalue weighted by Gasteiger charge is 2.24. The summed E-state index contributed by atoms with van der Waals surface area (Å²) in [5.74, 6) is -0.320. The van der Waals surface area contributed by atoms with Gasteiger partial charge in [0.15, 0.2) is 0 Å². The lowest BCUT2D eigenvalue weighted by Crippen LogP contribution is -2.37. The van der Waals surface area contributed by atoms with Crippen LogP contribution < -0.4 is 5.32 Å². The molecule has 152 valence electrons. The normalized spacial score (nSPS) is 17.1. The van der Waals surface area contributed by atoms with Gasteiger partial charge >= 0.3 is 0 Å². The number of fused-ring (bicyclic) bond motifs is 1. The number of amides is 1. The van der Waals surface area contributed by atoms with Gasteiger partial charge in [-0.3, -0.25) is 4.79 Å². The summed E-state index contributed by atoms with van der Waals surface area (Å²) in [6.07, 6.45) is 4.72. The summed E-state index contributed by atoms with van der Waals surface area (Å²) in [4.78, 5) is 18.5. The number of nitrogens with one attached hydrogen (secondary N) is 2. The predicted octanol–water partition coefficient (Wildman–Crippen LogP) is 4.97. The van der Waals surface area contributed by atoms with Crippen molar-refractivity contribution in [3.05, 3.63) is 60.0 Å². The van der Waals surface area contributed by atoms with Gasteiger partial charge in [0.05, 0.1) is 5.52 Å². The summed E-state index contributed by atoms with van der Waals surface area (Å²) in [6.45, 7) is 5.31. The van der Waals surface area contributed by atoms with Crippen LogP contribution in [0.5, 0.6) is 0 Å². The van der Waals surface area contributed by atoms with E-state index >= 15 is 0 Å². The molecule has 0 saturated carbocycles. The van der Waals surface area contributed by atoms with Crippen LogP contribution in [0, 0.1) is 5.82 Å². The fraction of sp³-hybridized carbons (Fsp3) is 0.375. The molecule has 2 heterocycles. The first-order valence-corrected chi connectivity index (χ1v) is 10.5. The molecule has 0 spiro atoms. The van der Waals surface area contributed by atoms with Gasteiger partial charge in [-0.05, 0) is 43.1 Å². The molecule has 0 bridgehead atoms. The van der Waals surface area contributed by atoms with Crippen LogP contribution in [0.4, 0.5) is 4.39 Å². The SMILES string of the molecule is CCCCCN1CCC(NC(=O)c2cc3cccc(-c4ccc(F)cc4)c3[nH]2)C1. The fourth-order valence-electron chi connectivity index (χ4n) is 4.15. The average Bonchev–Trinajstić information content (AvgIpc) is 3.35. The molecule has 5 heteroatoms. The minimum atomic E-state index is -0.257. The summed E-state index contributed by atoms with van der Waals surface area (Å²) in [5, 5.41) is 4.16. The summed E-state index contributed by atoms with van der Waals surface area (Å²) >= 11 is 0. The van der Waals surface area contributed by atoms with Crippen molar-refractivity contribution in [2.24, 2.45) is 0 Å². The van der Waals surface area contributed by atoms with Crippen LogP contribution >= 0.6 is 0 Å². The van der Waals surface area contributed by atoms with Crippen LogP contribution in [0.2, 0.25) is 0 Å². The molecular formula is C24H28FN3O.